The van der Waals surface area contributed by atoms with Crippen LogP contribution in [0.1, 0.15) is 52.7 Å². The van der Waals surface area contributed by atoms with Crippen molar-refractivity contribution in [1.29, 1.82) is 0 Å². The first kappa shape index (κ1) is 26.1. The summed E-state index contributed by atoms with van der Waals surface area (Å²) >= 11 is 1.59. The number of aliphatic hydroxyl groups excluding tert-OH is 1. The van der Waals surface area contributed by atoms with E-state index >= 15 is 0 Å². The van der Waals surface area contributed by atoms with Gasteiger partial charge in [0.2, 0.25) is 11.8 Å². The van der Waals surface area contributed by atoms with Gasteiger partial charge in [0.05, 0.1) is 33.9 Å². The zero-order valence-corrected chi connectivity index (χ0v) is 22.3. The van der Waals surface area contributed by atoms with E-state index in [0.29, 0.717) is 0 Å². The highest BCUT2D eigenvalue weighted by atomic mass is 32.1. The lowest BCUT2D eigenvalue weighted by molar-refractivity contribution is -0.143. The number of aromatic nitrogens is 1. The van der Waals surface area contributed by atoms with Gasteiger partial charge in [0.15, 0.2) is 0 Å². The number of aryl methyl sites for hydroxylation is 1. The summed E-state index contributed by atoms with van der Waals surface area (Å²) < 4.78 is 0. The molecule has 0 bridgehead atoms. The lowest BCUT2D eigenvalue weighted by Crippen LogP contribution is -2.59. The average molecular weight is 514 g/mol. The number of rotatable bonds is 7. The Hall–Kier alpha value is -2.98. The number of benzene rings is 1. The summed E-state index contributed by atoms with van der Waals surface area (Å²) in [5.41, 5.74) is 7.20. The van der Waals surface area contributed by atoms with E-state index in [2.05, 4.69) is 15.7 Å². The highest BCUT2D eigenvalue weighted by molar-refractivity contribution is 7.13. The van der Waals surface area contributed by atoms with Crippen LogP contribution >= 0.6 is 11.3 Å². The fourth-order valence-electron chi connectivity index (χ4n) is 4.57. The quantitative estimate of drug-likeness (QED) is 0.491. The van der Waals surface area contributed by atoms with E-state index in [1.165, 1.54) is 11.8 Å². The molecule has 1 saturated heterocycles. The van der Waals surface area contributed by atoms with E-state index in [4.69, 9.17) is 0 Å². The number of hydrogen-bond acceptors (Lipinski definition) is 7. The van der Waals surface area contributed by atoms with E-state index in [1.54, 1.807) is 11.3 Å². The minimum absolute atomic E-state index is 0.0510. The molecule has 2 aliphatic rings. The first-order valence-corrected chi connectivity index (χ1v) is 13.2. The molecule has 9 nitrogen and oxygen atoms in total. The normalized spacial score (nSPS) is 20.7. The maximum absolute atomic E-state index is 13.5. The highest BCUT2D eigenvalue weighted by Crippen LogP contribution is 2.34. The molecule has 36 heavy (non-hydrogen) atoms. The lowest BCUT2D eigenvalue weighted by Gasteiger charge is -2.36. The lowest BCUT2D eigenvalue weighted by atomic mass is 9.85. The number of hydrazine groups is 1. The van der Waals surface area contributed by atoms with Crippen LogP contribution in [-0.2, 0) is 14.4 Å². The number of β-amino-alcohol motifs (C(OH)–C–C–N with tert-alkyl or cyclic N) is 1. The first-order chi connectivity index (χ1) is 17.0. The van der Waals surface area contributed by atoms with Gasteiger partial charge < -0.3 is 15.3 Å². The van der Waals surface area contributed by atoms with Gasteiger partial charge in [-0.2, -0.15) is 0 Å². The van der Waals surface area contributed by atoms with Crippen molar-refractivity contribution in [1.82, 2.24) is 20.6 Å². The second-order valence-electron chi connectivity index (χ2n) is 10.8. The predicted octanol–water partition coefficient (Wildman–Crippen LogP) is 2.63. The van der Waals surface area contributed by atoms with E-state index in [-0.39, 0.29) is 36.7 Å². The molecular weight excluding hydrogens is 478 g/mol. The SMILES string of the molecule is CC(=O)N[C@H](C(=O)N1C[C@H](O)C[C@H]1C(=O)NN(c1ccc(-c2scnc2C)cc1)C1CC1)C(C)(C)C. The number of likely N-dealkylation sites (tertiary alicyclic amines) is 1. The minimum Gasteiger partial charge on any atom is -0.391 e. The number of carbonyl (C=O) groups excluding carboxylic acids is 3. The molecule has 3 amide bonds. The van der Waals surface area contributed by atoms with Crippen molar-refractivity contribution in [2.45, 2.75) is 78.1 Å². The van der Waals surface area contributed by atoms with E-state index in [9.17, 15) is 19.5 Å². The Kier molecular flexibility index (Phi) is 7.38. The Morgan fingerprint density at radius 2 is 1.86 bits per heavy atom. The molecule has 1 aliphatic carbocycles. The average Bonchev–Trinajstić information content (AvgIpc) is 3.44. The molecule has 1 aromatic carbocycles. The van der Waals surface area contributed by atoms with Crippen molar-refractivity contribution < 1.29 is 19.5 Å². The van der Waals surface area contributed by atoms with Gasteiger partial charge in [-0.25, -0.2) is 4.98 Å². The van der Waals surface area contributed by atoms with Gasteiger partial charge in [-0.1, -0.05) is 32.9 Å². The molecule has 3 atom stereocenters. The molecule has 0 spiro atoms. The van der Waals surface area contributed by atoms with Crippen molar-refractivity contribution in [2.75, 3.05) is 11.6 Å². The number of carbonyl (C=O) groups is 3. The summed E-state index contributed by atoms with van der Waals surface area (Å²) in [6.45, 7) is 8.98. The number of nitrogens with zero attached hydrogens (tertiary/aromatic N) is 3. The molecule has 0 radical (unpaired) electrons. The summed E-state index contributed by atoms with van der Waals surface area (Å²) in [4.78, 5) is 45.6. The van der Waals surface area contributed by atoms with Crippen LogP contribution in [0.15, 0.2) is 29.8 Å². The third kappa shape index (κ3) is 5.70. The zero-order chi connectivity index (χ0) is 26.2. The number of amides is 3. The number of hydrogen-bond donors (Lipinski definition) is 3. The zero-order valence-electron chi connectivity index (χ0n) is 21.4. The fraction of sp³-hybridized carbons (Fsp3) is 0.538. The van der Waals surface area contributed by atoms with Crippen LogP contribution in [0.4, 0.5) is 5.69 Å². The molecule has 2 aromatic rings. The van der Waals surface area contributed by atoms with Crippen molar-refractivity contribution in [2.24, 2.45) is 5.41 Å². The topological polar surface area (TPSA) is 115 Å². The van der Waals surface area contributed by atoms with Crippen molar-refractivity contribution in [3.05, 3.63) is 35.5 Å². The molecule has 1 aromatic heterocycles. The van der Waals surface area contributed by atoms with Gasteiger partial charge >= 0.3 is 0 Å². The Morgan fingerprint density at radius 3 is 2.39 bits per heavy atom. The monoisotopic (exact) mass is 513 g/mol. The van der Waals surface area contributed by atoms with Gasteiger partial charge in [0.1, 0.15) is 12.1 Å². The Labute approximate surface area is 215 Å². The maximum atomic E-state index is 13.5. The fourth-order valence-corrected chi connectivity index (χ4v) is 5.38. The van der Waals surface area contributed by atoms with Crippen LogP contribution in [0.5, 0.6) is 0 Å². The molecule has 2 heterocycles. The molecule has 194 valence electrons. The minimum atomic E-state index is -0.827. The van der Waals surface area contributed by atoms with Gasteiger partial charge in [-0.3, -0.25) is 24.8 Å². The summed E-state index contributed by atoms with van der Waals surface area (Å²) in [6.07, 6.45) is 1.26. The Balaban J connectivity index is 1.52. The number of thiazole rings is 1. The second-order valence-corrected chi connectivity index (χ2v) is 11.6. The molecule has 10 heteroatoms. The molecular formula is C26H35N5O4S. The van der Waals surface area contributed by atoms with Crippen molar-refractivity contribution >= 4 is 34.7 Å². The van der Waals surface area contributed by atoms with Gasteiger partial charge in [-0.05, 0) is 42.9 Å². The Bertz CT molecular complexity index is 1120. The molecule has 1 aliphatic heterocycles. The molecule has 1 saturated carbocycles. The Morgan fingerprint density at radius 1 is 1.19 bits per heavy atom. The summed E-state index contributed by atoms with van der Waals surface area (Å²) in [5.74, 6) is -1.03. The van der Waals surface area contributed by atoms with Gasteiger partial charge in [-0.15, -0.1) is 11.3 Å². The second kappa shape index (κ2) is 10.2. The standard InChI is InChI=1S/C26H35N5O4S/c1-15-22(36-14-27-15)17-6-8-18(9-7-17)31(19-10-11-19)29-24(34)21-12-20(33)13-30(21)25(35)23(26(3,4)5)28-16(2)32/h6-9,14,19-21,23,33H,10-13H2,1-5H3,(H,28,32)(H,29,34)/t20-,21+,23-/m1/s1. The number of nitrogens with one attached hydrogen (secondary N) is 2. The first-order valence-electron chi connectivity index (χ1n) is 12.3. The molecule has 0 unspecified atom stereocenters. The van der Waals surface area contributed by atoms with Crippen LogP contribution in [0, 0.1) is 12.3 Å². The van der Waals surface area contributed by atoms with Crippen LogP contribution in [-0.4, -0.2) is 63.5 Å². The van der Waals surface area contributed by atoms with Crippen LogP contribution in [0.3, 0.4) is 0 Å². The molecule has 2 fully saturated rings. The van der Waals surface area contributed by atoms with Gasteiger partial charge in [0.25, 0.3) is 5.91 Å². The van der Waals surface area contributed by atoms with E-state index < -0.39 is 23.6 Å². The predicted molar refractivity (Wildman–Crippen MR) is 139 cm³/mol. The van der Waals surface area contributed by atoms with Crippen LogP contribution < -0.4 is 15.8 Å². The number of anilines is 1. The van der Waals surface area contributed by atoms with E-state index in [1.807, 2.05) is 62.5 Å². The van der Waals surface area contributed by atoms with Crippen LogP contribution in [0.25, 0.3) is 10.4 Å². The molecule has 4 rings (SSSR count). The van der Waals surface area contributed by atoms with E-state index in [0.717, 1.165) is 34.7 Å². The van der Waals surface area contributed by atoms with Crippen molar-refractivity contribution in [3.8, 4) is 10.4 Å². The third-order valence-corrected chi connectivity index (χ3v) is 7.60. The highest BCUT2D eigenvalue weighted by Gasteiger charge is 2.45. The van der Waals surface area contributed by atoms with Crippen LogP contribution in [0.2, 0.25) is 0 Å². The third-order valence-electron chi connectivity index (χ3n) is 6.62. The summed E-state index contributed by atoms with van der Waals surface area (Å²) in [6, 6.07) is 6.55. The van der Waals surface area contributed by atoms with Gasteiger partial charge in [0, 0.05) is 19.9 Å². The number of aliphatic hydroxyl groups is 1. The maximum Gasteiger partial charge on any atom is 0.261 e. The smallest absolute Gasteiger partial charge is 0.261 e. The summed E-state index contributed by atoms with van der Waals surface area (Å²) in [5, 5.41) is 15.0. The summed E-state index contributed by atoms with van der Waals surface area (Å²) in [7, 11) is 0. The van der Waals surface area contributed by atoms with Crippen molar-refractivity contribution in [3.63, 3.8) is 0 Å². The molecule has 3 N–H and O–H groups in total. The largest absolute Gasteiger partial charge is 0.391 e.